The van der Waals surface area contributed by atoms with Crippen molar-refractivity contribution < 1.29 is 37.9 Å². The Bertz CT molecular complexity index is 869. The molecule has 0 saturated heterocycles. The number of phosphoric acid groups is 1. The van der Waals surface area contributed by atoms with Crippen molar-refractivity contribution in [3.05, 3.63) is 24.3 Å². The summed E-state index contributed by atoms with van der Waals surface area (Å²) < 4.78 is 26.4. The fourth-order valence-corrected chi connectivity index (χ4v) is 6.25. The second-order valence-corrected chi connectivity index (χ2v) is 15.2. The molecule has 0 rings (SSSR count). The first kappa shape index (κ1) is 48.5. The molecule has 8 nitrogen and oxygen atoms in total. The summed E-state index contributed by atoms with van der Waals surface area (Å²) in [5.74, 6) is -0.894. The summed E-state index contributed by atoms with van der Waals surface area (Å²) in [6, 6.07) is 0. The predicted molar refractivity (Wildman–Crippen MR) is 207 cm³/mol. The fourth-order valence-electron chi connectivity index (χ4n) is 5.89. The van der Waals surface area contributed by atoms with Crippen molar-refractivity contribution in [1.29, 1.82) is 0 Å². The second-order valence-electron chi connectivity index (χ2n) is 14.0. The van der Waals surface area contributed by atoms with E-state index in [1.807, 2.05) is 0 Å². The van der Waals surface area contributed by atoms with Crippen LogP contribution in [0, 0.1) is 0 Å². The van der Waals surface area contributed by atoms with Crippen LogP contribution in [0.5, 0.6) is 0 Å². The molecule has 0 fully saturated rings. The van der Waals surface area contributed by atoms with E-state index in [9.17, 15) is 14.2 Å². The molecule has 9 heteroatoms. The summed E-state index contributed by atoms with van der Waals surface area (Å²) in [6.07, 6.45) is 41.8. The molecule has 0 bridgehead atoms. The van der Waals surface area contributed by atoms with Crippen LogP contribution in [-0.2, 0) is 28.2 Å². The Morgan fingerprint density at radius 1 is 0.520 bits per heavy atom. The monoisotopic (exact) mass is 729 g/mol. The van der Waals surface area contributed by atoms with E-state index >= 15 is 0 Å². The van der Waals surface area contributed by atoms with Gasteiger partial charge in [-0.15, -0.1) is 0 Å². The molecule has 0 aliphatic carbocycles. The van der Waals surface area contributed by atoms with E-state index in [4.69, 9.17) is 19.3 Å². The molecule has 50 heavy (non-hydrogen) atoms. The molecular formula is C41H77O8P. The zero-order valence-electron chi connectivity index (χ0n) is 32.3. The third kappa shape index (κ3) is 39.3. The summed E-state index contributed by atoms with van der Waals surface area (Å²) >= 11 is 0. The molecular weight excluding hydrogens is 651 g/mol. The van der Waals surface area contributed by atoms with Crippen LogP contribution in [0.2, 0.25) is 0 Å². The molecule has 1 atom stereocenters. The predicted octanol–water partition coefficient (Wildman–Crippen LogP) is 12.4. The number of ether oxygens (including phenoxy) is 2. The lowest BCUT2D eigenvalue weighted by Gasteiger charge is -2.18. The molecule has 0 unspecified atom stereocenters. The first-order chi connectivity index (χ1) is 24.3. The van der Waals surface area contributed by atoms with Gasteiger partial charge in [-0.25, -0.2) is 4.57 Å². The van der Waals surface area contributed by atoms with Gasteiger partial charge in [-0.3, -0.25) is 14.1 Å². The van der Waals surface area contributed by atoms with Crippen molar-refractivity contribution in [1.82, 2.24) is 0 Å². The van der Waals surface area contributed by atoms with Crippen LogP contribution < -0.4 is 0 Å². The summed E-state index contributed by atoms with van der Waals surface area (Å²) in [7, 11) is -4.75. The van der Waals surface area contributed by atoms with Crippen LogP contribution in [0.3, 0.4) is 0 Å². The van der Waals surface area contributed by atoms with Crippen LogP contribution in [0.1, 0.15) is 206 Å². The highest BCUT2D eigenvalue weighted by Gasteiger charge is 2.22. The van der Waals surface area contributed by atoms with Crippen molar-refractivity contribution in [2.75, 3.05) is 13.2 Å². The SMILES string of the molecule is CCCCCC/C=C/C=C/CCCCCCCC(=O)OC[C@H](COP(=O)(O)O)OC(=O)CCCCCCCCCCCCCCCCCCC. The lowest BCUT2D eigenvalue weighted by molar-refractivity contribution is -0.161. The Morgan fingerprint density at radius 2 is 0.880 bits per heavy atom. The Hall–Kier alpha value is -1.47. The van der Waals surface area contributed by atoms with E-state index in [2.05, 4.69) is 42.7 Å². The maximum Gasteiger partial charge on any atom is 0.469 e. The highest BCUT2D eigenvalue weighted by molar-refractivity contribution is 7.46. The van der Waals surface area contributed by atoms with Gasteiger partial charge in [0.15, 0.2) is 6.10 Å². The minimum Gasteiger partial charge on any atom is -0.462 e. The maximum absolute atomic E-state index is 12.4. The van der Waals surface area contributed by atoms with E-state index in [0.717, 1.165) is 57.8 Å². The minimum atomic E-state index is -4.75. The molecule has 0 amide bonds. The van der Waals surface area contributed by atoms with E-state index in [1.54, 1.807) is 0 Å². The maximum atomic E-state index is 12.4. The van der Waals surface area contributed by atoms with E-state index in [1.165, 1.54) is 109 Å². The largest absolute Gasteiger partial charge is 0.469 e. The number of hydrogen-bond donors (Lipinski definition) is 2. The van der Waals surface area contributed by atoms with Gasteiger partial charge < -0.3 is 19.3 Å². The summed E-state index contributed by atoms with van der Waals surface area (Å²) in [5.41, 5.74) is 0. The highest BCUT2D eigenvalue weighted by Crippen LogP contribution is 2.36. The van der Waals surface area contributed by atoms with Gasteiger partial charge >= 0.3 is 19.8 Å². The third-order valence-corrected chi connectivity index (χ3v) is 9.49. The molecule has 0 aromatic carbocycles. The van der Waals surface area contributed by atoms with Crippen LogP contribution >= 0.6 is 7.82 Å². The standard InChI is InChI=1S/C41H77O8P/c1-3-5-7-9-11-13-15-17-19-20-22-24-26-28-30-32-34-36-41(43)49-39(38-48-50(44,45)46)37-47-40(42)35-33-31-29-27-25-23-21-18-16-14-12-10-8-6-4-2/h14,16,18,21,39H,3-13,15,17,19-20,22-38H2,1-2H3,(H2,44,45,46)/b16-14+,21-18+/t39-/m1/s1. The van der Waals surface area contributed by atoms with E-state index in [0.29, 0.717) is 12.8 Å². The van der Waals surface area contributed by atoms with Gasteiger partial charge in [0.25, 0.3) is 0 Å². The number of esters is 2. The highest BCUT2D eigenvalue weighted by atomic mass is 31.2. The number of carbonyl (C=O) groups excluding carboxylic acids is 2. The normalized spacial score (nSPS) is 12.6. The Balaban J connectivity index is 3.92. The molecule has 0 aliphatic rings. The van der Waals surface area contributed by atoms with E-state index < -0.39 is 32.5 Å². The van der Waals surface area contributed by atoms with Crippen molar-refractivity contribution >= 4 is 19.8 Å². The van der Waals surface area contributed by atoms with Crippen LogP contribution in [0.4, 0.5) is 0 Å². The second kappa shape index (κ2) is 37.3. The van der Waals surface area contributed by atoms with Gasteiger partial charge in [0.1, 0.15) is 6.61 Å². The summed E-state index contributed by atoms with van der Waals surface area (Å²) in [6.45, 7) is 3.67. The number of carbonyl (C=O) groups is 2. The summed E-state index contributed by atoms with van der Waals surface area (Å²) in [5, 5.41) is 0. The number of phosphoric ester groups is 1. The van der Waals surface area contributed by atoms with E-state index in [-0.39, 0.29) is 19.4 Å². The number of hydrogen-bond acceptors (Lipinski definition) is 6. The van der Waals surface area contributed by atoms with Gasteiger partial charge in [-0.1, -0.05) is 179 Å². The quantitative estimate of drug-likeness (QED) is 0.0279. The van der Waals surface area contributed by atoms with Crippen molar-refractivity contribution in [3.63, 3.8) is 0 Å². The Labute approximate surface area is 307 Å². The molecule has 0 saturated carbocycles. The molecule has 0 spiro atoms. The van der Waals surface area contributed by atoms with Crippen molar-refractivity contribution in [2.24, 2.45) is 0 Å². The average molecular weight is 729 g/mol. The van der Waals surface area contributed by atoms with Crippen LogP contribution in [0.25, 0.3) is 0 Å². The topological polar surface area (TPSA) is 119 Å². The molecule has 2 N–H and O–H groups in total. The molecule has 0 aromatic rings. The van der Waals surface area contributed by atoms with Crippen molar-refractivity contribution in [2.45, 2.75) is 213 Å². The molecule has 0 heterocycles. The van der Waals surface area contributed by atoms with Crippen LogP contribution in [-0.4, -0.2) is 41.0 Å². The smallest absolute Gasteiger partial charge is 0.462 e. The zero-order valence-corrected chi connectivity index (χ0v) is 33.2. The first-order valence-electron chi connectivity index (χ1n) is 20.6. The zero-order chi connectivity index (χ0) is 36.8. The molecule has 294 valence electrons. The first-order valence-corrected chi connectivity index (χ1v) is 22.2. The van der Waals surface area contributed by atoms with Gasteiger partial charge in [0.05, 0.1) is 6.61 Å². The van der Waals surface area contributed by atoms with Crippen LogP contribution in [0.15, 0.2) is 24.3 Å². The van der Waals surface area contributed by atoms with Gasteiger partial charge in [0, 0.05) is 12.8 Å². The molecule has 0 aliphatic heterocycles. The van der Waals surface area contributed by atoms with Gasteiger partial charge in [0.2, 0.25) is 0 Å². The average Bonchev–Trinajstić information content (AvgIpc) is 3.08. The Morgan fingerprint density at radius 3 is 1.30 bits per heavy atom. The lowest BCUT2D eigenvalue weighted by Crippen LogP contribution is -2.29. The lowest BCUT2D eigenvalue weighted by atomic mass is 10.0. The summed E-state index contributed by atoms with van der Waals surface area (Å²) in [4.78, 5) is 42.8. The van der Waals surface area contributed by atoms with Gasteiger partial charge in [-0.2, -0.15) is 0 Å². The fraction of sp³-hybridized carbons (Fsp3) is 0.854. The number of rotatable bonds is 38. The van der Waals surface area contributed by atoms with Crippen molar-refractivity contribution in [3.8, 4) is 0 Å². The third-order valence-electron chi connectivity index (χ3n) is 9.00. The number of allylic oxidation sites excluding steroid dienone is 4. The molecule has 0 aromatic heterocycles. The Kier molecular flexibility index (Phi) is 36.2. The minimum absolute atomic E-state index is 0.213. The number of unbranched alkanes of at least 4 members (excludes halogenated alkanes) is 25. The van der Waals surface area contributed by atoms with Gasteiger partial charge in [-0.05, 0) is 38.5 Å². The molecule has 0 radical (unpaired) electrons.